The van der Waals surface area contributed by atoms with Gasteiger partial charge < -0.3 is 14.6 Å². The Morgan fingerprint density at radius 3 is 1.27 bits per heavy atom. The van der Waals surface area contributed by atoms with Gasteiger partial charge in [-0.1, -0.05) is 27.7 Å². The first-order chi connectivity index (χ1) is 21.4. The summed E-state index contributed by atoms with van der Waals surface area (Å²) in [5.74, 6) is -1.95. The maximum Gasteiger partial charge on any atom is 0.426 e. The SMILES string of the molecule is CC1C2CC(CC(O)(C(F)(F)F)C(F)(F)F)C(C2)C1C.CC1C2CC(CC(OCC(=O)OC(C)(C)C)(C(F)(F)F)C(F)(F)F)C(C2)C1C. The summed E-state index contributed by atoms with van der Waals surface area (Å²) in [6.07, 6.45) is -23.3. The number of esters is 1. The minimum Gasteiger partial charge on any atom is -0.458 e. The average Bonchev–Trinajstić information content (AvgIpc) is 3.61. The van der Waals surface area contributed by atoms with E-state index in [-0.39, 0.29) is 41.4 Å². The third kappa shape index (κ3) is 7.88. The van der Waals surface area contributed by atoms with Gasteiger partial charge in [-0.2, -0.15) is 52.7 Å². The molecule has 4 aliphatic rings. The molecule has 4 aliphatic carbocycles. The molecular formula is C32H46F12O4. The molecule has 4 fully saturated rings. The summed E-state index contributed by atoms with van der Waals surface area (Å²) >= 11 is 0. The van der Waals surface area contributed by atoms with Crippen molar-refractivity contribution in [2.45, 2.75) is 128 Å². The molecule has 0 aliphatic heterocycles. The van der Waals surface area contributed by atoms with E-state index in [9.17, 15) is 62.6 Å². The molecule has 0 aromatic carbocycles. The topological polar surface area (TPSA) is 55.8 Å². The molecule has 10 atom stereocenters. The lowest BCUT2D eigenvalue weighted by Gasteiger charge is -2.41. The van der Waals surface area contributed by atoms with E-state index in [0.29, 0.717) is 31.6 Å². The second kappa shape index (κ2) is 13.3. The number of rotatable bonds is 7. The van der Waals surface area contributed by atoms with Crippen LogP contribution in [0, 0.1) is 59.2 Å². The Morgan fingerprint density at radius 2 is 0.979 bits per heavy atom. The highest BCUT2D eigenvalue weighted by Crippen LogP contribution is 2.61. The zero-order valence-electron chi connectivity index (χ0n) is 27.9. The van der Waals surface area contributed by atoms with Gasteiger partial charge in [0.1, 0.15) is 12.2 Å². The van der Waals surface area contributed by atoms with E-state index in [2.05, 4.69) is 4.74 Å². The average molecular weight is 723 g/mol. The number of aliphatic hydroxyl groups is 1. The largest absolute Gasteiger partial charge is 0.458 e. The van der Waals surface area contributed by atoms with Gasteiger partial charge in [-0.05, 0) is 118 Å². The predicted octanol–water partition coefficient (Wildman–Crippen LogP) is 9.69. The van der Waals surface area contributed by atoms with Gasteiger partial charge in [0.2, 0.25) is 0 Å². The molecule has 0 saturated heterocycles. The minimum absolute atomic E-state index is 0.0637. The zero-order chi connectivity index (χ0) is 37.2. The van der Waals surface area contributed by atoms with Crippen molar-refractivity contribution in [3.63, 3.8) is 0 Å². The van der Waals surface area contributed by atoms with E-state index in [1.807, 2.05) is 27.7 Å². The molecule has 0 aromatic heterocycles. The number of carbonyl (C=O) groups excluding carboxylic acids is 1. The van der Waals surface area contributed by atoms with Gasteiger partial charge in [-0.25, -0.2) is 4.79 Å². The van der Waals surface area contributed by atoms with E-state index in [1.54, 1.807) is 0 Å². The highest BCUT2D eigenvalue weighted by atomic mass is 19.4. The highest BCUT2D eigenvalue weighted by molar-refractivity contribution is 5.71. The van der Waals surface area contributed by atoms with Crippen LogP contribution < -0.4 is 0 Å². The number of hydrogen-bond donors (Lipinski definition) is 1. The maximum atomic E-state index is 13.7. The quantitative estimate of drug-likeness (QED) is 0.210. The van der Waals surface area contributed by atoms with Crippen LogP contribution in [-0.4, -0.2) is 59.2 Å². The molecular weight excluding hydrogens is 676 g/mol. The highest BCUT2D eigenvalue weighted by Gasteiger charge is 2.74. The lowest BCUT2D eigenvalue weighted by Crippen LogP contribution is -2.60. The van der Waals surface area contributed by atoms with Gasteiger partial charge in [-0.15, -0.1) is 0 Å². The van der Waals surface area contributed by atoms with Crippen molar-refractivity contribution in [3.05, 3.63) is 0 Å². The summed E-state index contributed by atoms with van der Waals surface area (Å²) in [7, 11) is 0. The second-order valence-electron chi connectivity index (χ2n) is 15.7. The first kappa shape index (κ1) is 41.0. The van der Waals surface area contributed by atoms with Crippen LogP contribution >= 0.6 is 0 Å². The van der Waals surface area contributed by atoms with Crippen LogP contribution in [0.3, 0.4) is 0 Å². The third-order valence-electron chi connectivity index (χ3n) is 11.9. The van der Waals surface area contributed by atoms with Crippen molar-refractivity contribution in [3.8, 4) is 0 Å². The molecule has 16 heteroatoms. The molecule has 0 amide bonds. The number of fused-ring (bicyclic) bond motifs is 4. The van der Waals surface area contributed by atoms with Crippen LogP contribution in [0.15, 0.2) is 0 Å². The Kier molecular flexibility index (Phi) is 11.3. The summed E-state index contributed by atoms with van der Waals surface area (Å²) < 4.78 is 168. The van der Waals surface area contributed by atoms with Crippen LogP contribution in [0.4, 0.5) is 52.7 Å². The molecule has 48 heavy (non-hydrogen) atoms. The zero-order valence-corrected chi connectivity index (χ0v) is 27.9. The van der Waals surface area contributed by atoms with Crippen LogP contribution in [-0.2, 0) is 14.3 Å². The van der Waals surface area contributed by atoms with Gasteiger partial charge in [0.25, 0.3) is 11.2 Å². The number of carbonyl (C=O) groups is 1. The van der Waals surface area contributed by atoms with Gasteiger partial charge >= 0.3 is 30.7 Å². The van der Waals surface area contributed by atoms with Crippen LogP contribution in [0.2, 0.25) is 0 Å². The summed E-state index contributed by atoms with van der Waals surface area (Å²) in [5, 5.41) is 9.28. The Hall–Kier alpha value is -1.45. The van der Waals surface area contributed by atoms with Gasteiger partial charge in [0, 0.05) is 0 Å². The summed E-state index contributed by atoms with van der Waals surface area (Å²) in [6, 6.07) is 0. The standard InChI is InChI=1S/C19H28F6O3.C13H18F6O/c1-10-11(2)14-7-12(10)6-13(14)8-17(18(20,21)22,19(23,24)25)27-9-15(26)28-16(3,4)5;1-6-7(2)10-4-8(6)3-9(10)5-11(20,12(14,15)16)13(17,18)19/h10-14H,6-9H2,1-5H3;6-10,20H,3-5H2,1-2H3. The van der Waals surface area contributed by atoms with E-state index < -0.39 is 78.8 Å². The summed E-state index contributed by atoms with van der Waals surface area (Å²) in [5.41, 5.74) is -10.0. The molecule has 0 spiro atoms. The van der Waals surface area contributed by atoms with E-state index in [0.717, 1.165) is 0 Å². The smallest absolute Gasteiger partial charge is 0.426 e. The molecule has 0 heterocycles. The van der Waals surface area contributed by atoms with Crippen molar-refractivity contribution >= 4 is 5.97 Å². The van der Waals surface area contributed by atoms with Gasteiger partial charge in [-0.3, -0.25) is 0 Å². The van der Waals surface area contributed by atoms with Crippen molar-refractivity contribution in [1.82, 2.24) is 0 Å². The van der Waals surface area contributed by atoms with Crippen molar-refractivity contribution in [2.24, 2.45) is 59.2 Å². The van der Waals surface area contributed by atoms with Crippen molar-refractivity contribution in [2.75, 3.05) is 6.61 Å². The first-order valence-corrected chi connectivity index (χ1v) is 16.2. The Morgan fingerprint density at radius 1 is 0.604 bits per heavy atom. The summed E-state index contributed by atoms with van der Waals surface area (Å²) in [6.45, 7) is 10.7. The fourth-order valence-corrected chi connectivity index (χ4v) is 8.97. The molecule has 4 rings (SSSR count). The fourth-order valence-electron chi connectivity index (χ4n) is 8.97. The predicted molar refractivity (Wildman–Crippen MR) is 149 cm³/mol. The molecule has 4 bridgehead atoms. The van der Waals surface area contributed by atoms with Gasteiger partial charge in [0.15, 0.2) is 0 Å². The molecule has 4 saturated carbocycles. The van der Waals surface area contributed by atoms with E-state index >= 15 is 0 Å². The first-order valence-electron chi connectivity index (χ1n) is 16.2. The molecule has 4 nitrogen and oxygen atoms in total. The Bertz CT molecular complexity index is 1090. The normalized spacial score (nSPS) is 34.3. The Labute approximate surface area is 272 Å². The van der Waals surface area contributed by atoms with Crippen molar-refractivity contribution in [1.29, 1.82) is 0 Å². The van der Waals surface area contributed by atoms with E-state index in [4.69, 9.17) is 4.74 Å². The van der Waals surface area contributed by atoms with Crippen molar-refractivity contribution < 1.29 is 72.1 Å². The van der Waals surface area contributed by atoms with Gasteiger partial charge in [0.05, 0.1) is 0 Å². The lowest BCUT2D eigenvalue weighted by atomic mass is 9.71. The second-order valence-corrected chi connectivity index (χ2v) is 15.7. The van der Waals surface area contributed by atoms with Crippen LogP contribution in [0.5, 0.6) is 0 Å². The molecule has 0 aromatic rings. The number of ether oxygens (including phenoxy) is 2. The fraction of sp³-hybridized carbons (Fsp3) is 0.969. The van der Waals surface area contributed by atoms with E-state index in [1.165, 1.54) is 20.8 Å². The maximum absolute atomic E-state index is 13.7. The van der Waals surface area contributed by atoms with Crippen LogP contribution in [0.1, 0.15) is 87.0 Å². The van der Waals surface area contributed by atoms with Crippen LogP contribution in [0.25, 0.3) is 0 Å². The third-order valence-corrected chi connectivity index (χ3v) is 11.9. The number of hydrogen-bond acceptors (Lipinski definition) is 4. The lowest BCUT2D eigenvalue weighted by molar-refractivity contribution is -0.385. The summed E-state index contributed by atoms with van der Waals surface area (Å²) in [4.78, 5) is 11.7. The Balaban J connectivity index is 0.000000275. The monoisotopic (exact) mass is 722 g/mol. The molecule has 10 unspecified atom stereocenters. The minimum atomic E-state index is -5.70. The molecule has 1 N–H and O–H groups in total. The number of halogens is 12. The number of alkyl halides is 12. The molecule has 282 valence electrons. The molecule has 0 radical (unpaired) electrons.